The highest BCUT2D eigenvalue weighted by molar-refractivity contribution is 5.78. The van der Waals surface area contributed by atoms with E-state index in [9.17, 15) is 4.79 Å². The van der Waals surface area contributed by atoms with Crippen LogP contribution in [0.2, 0.25) is 0 Å². The van der Waals surface area contributed by atoms with Crippen molar-refractivity contribution in [1.82, 2.24) is 10.2 Å². The van der Waals surface area contributed by atoms with Crippen molar-refractivity contribution in [3.63, 3.8) is 0 Å². The van der Waals surface area contributed by atoms with Crippen LogP contribution in [-0.4, -0.2) is 37.0 Å². The Balaban J connectivity index is 1.63. The number of likely N-dealkylation sites (tertiary alicyclic amines) is 1. The van der Waals surface area contributed by atoms with Crippen LogP contribution in [0.25, 0.3) is 0 Å². The standard InChI is InChI=1S/C18H32N2O/c1-18(2)10-6-13-20(14-11-18)15-17(21)19-12-9-16-7-4-3-5-8-16/h7H,3-6,8-15H2,1-2H3,(H,19,21). The molecular formula is C18H32N2O. The molecule has 1 fully saturated rings. The van der Waals surface area contributed by atoms with Crippen LogP contribution in [0, 0.1) is 5.41 Å². The number of allylic oxidation sites excluding steroid dienone is 1. The summed E-state index contributed by atoms with van der Waals surface area (Å²) < 4.78 is 0. The Morgan fingerprint density at radius 1 is 1.24 bits per heavy atom. The van der Waals surface area contributed by atoms with Gasteiger partial charge in [-0.15, -0.1) is 0 Å². The van der Waals surface area contributed by atoms with Crippen molar-refractivity contribution >= 4 is 5.91 Å². The van der Waals surface area contributed by atoms with Crippen LogP contribution in [-0.2, 0) is 4.79 Å². The van der Waals surface area contributed by atoms with Crippen molar-refractivity contribution in [3.05, 3.63) is 11.6 Å². The van der Waals surface area contributed by atoms with E-state index in [-0.39, 0.29) is 5.91 Å². The van der Waals surface area contributed by atoms with Crippen LogP contribution < -0.4 is 5.32 Å². The summed E-state index contributed by atoms with van der Waals surface area (Å²) in [6.07, 6.45) is 12.2. The van der Waals surface area contributed by atoms with Gasteiger partial charge in [-0.3, -0.25) is 9.69 Å². The molecule has 3 nitrogen and oxygen atoms in total. The largest absolute Gasteiger partial charge is 0.355 e. The molecule has 1 N–H and O–H groups in total. The number of amides is 1. The molecule has 0 unspecified atom stereocenters. The molecule has 2 aliphatic rings. The van der Waals surface area contributed by atoms with Crippen molar-refractivity contribution in [3.8, 4) is 0 Å². The Bertz CT molecular complexity index is 373. The molecule has 21 heavy (non-hydrogen) atoms. The Morgan fingerprint density at radius 3 is 2.86 bits per heavy atom. The summed E-state index contributed by atoms with van der Waals surface area (Å²) in [6.45, 7) is 8.20. The predicted octanol–water partition coefficient (Wildman–Crippen LogP) is 3.51. The van der Waals surface area contributed by atoms with Gasteiger partial charge in [-0.25, -0.2) is 0 Å². The first kappa shape index (κ1) is 16.5. The quantitative estimate of drug-likeness (QED) is 0.787. The average Bonchev–Trinajstić information content (AvgIpc) is 2.61. The topological polar surface area (TPSA) is 32.3 Å². The lowest BCUT2D eigenvalue weighted by atomic mass is 9.85. The summed E-state index contributed by atoms with van der Waals surface area (Å²) in [6, 6.07) is 0. The van der Waals surface area contributed by atoms with E-state index in [1.807, 2.05) is 0 Å². The molecule has 3 heteroatoms. The van der Waals surface area contributed by atoms with Gasteiger partial charge in [-0.05, 0) is 69.9 Å². The maximum absolute atomic E-state index is 12.1. The van der Waals surface area contributed by atoms with E-state index in [0.29, 0.717) is 12.0 Å². The SMILES string of the molecule is CC1(C)CCCN(CC(=O)NCCC2=CCCCC2)CC1. The molecule has 2 rings (SSSR count). The molecule has 1 amide bonds. The fourth-order valence-corrected chi connectivity index (χ4v) is 3.39. The smallest absolute Gasteiger partial charge is 0.234 e. The molecule has 120 valence electrons. The maximum Gasteiger partial charge on any atom is 0.234 e. The van der Waals surface area contributed by atoms with Gasteiger partial charge < -0.3 is 5.32 Å². The Labute approximate surface area is 130 Å². The second-order valence-corrected chi connectivity index (χ2v) is 7.50. The highest BCUT2D eigenvalue weighted by Gasteiger charge is 2.23. The van der Waals surface area contributed by atoms with Gasteiger partial charge in [0.25, 0.3) is 0 Å². The van der Waals surface area contributed by atoms with Crippen LogP contribution >= 0.6 is 0 Å². The van der Waals surface area contributed by atoms with Crippen LogP contribution in [0.15, 0.2) is 11.6 Å². The molecule has 0 radical (unpaired) electrons. The van der Waals surface area contributed by atoms with Crippen LogP contribution in [0.1, 0.15) is 65.2 Å². The van der Waals surface area contributed by atoms with E-state index in [4.69, 9.17) is 0 Å². The molecule has 1 heterocycles. The van der Waals surface area contributed by atoms with Gasteiger partial charge in [0.1, 0.15) is 0 Å². The zero-order chi connectivity index (χ0) is 15.1. The third kappa shape index (κ3) is 6.21. The zero-order valence-corrected chi connectivity index (χ0v) is 13.9. The van der Waals surface area contributed by atoms with Gasteiger partial charge in [0, 0.05) is 6.54 Å². The number of nitrogens with zero attached hydrogens (tertiary/aromatic N) is 1. The van der Waals surface area contributed by atoms with E-state index < -0.39 is 0 Å². The van der Waals surface area contributed by atoms with Gasteiger partial charge in [0.2, 0.25) is 5.91 Å². The van der Waals surface area contributed by atoms with Gasteiger partial charge >= 0.3 is 0 Å². The molecule has 0 atom stereocenters. The minimum absolute atomic E-state index is 0.200. The Hall–Kier alpha value is -0.830. The molecule has 0 aromatic carbocycles. The van der Waals surface area contributed by atoms with E-state index in [2.05, 4.69) is 30.1 Å². The second kappa shape index (κ2) is 7.98. The van der Waals surface area contributed by atoms with E-state index in [1.165, 1.54) is 50.5 Å². The highest BCUT2D eigenvalue weighted by Crippen LogP contribution is 2.29. The van der Waals surface area contributed by atoms with E-state index >= 15 is 0 Å². The van der Waals surface area contributed by atoms with Crippen molar-refractivity contribution in [2.24, 2.45) is 5.41 Å². The van der Waals surface area contributed by atoms with Crippen molar-refractivity contribution in [2.45, 2.75) is 65.2 Å². The number of hydrogen-bond donors (Lipinski definition) is 1. The first-order valence-electron chi connectivity index (χ1n) is 8.72. The molecule has 1 aliphatic carbocycles. The summed E-state index contributed by atoms with van der Waals surface area (Å²) in [5.41, 5.74) is 1.98. The summed E-state index contributed by atoms with van der Waals surface area (Å²) in [5.74, 6) is 0.200. The van der Waals surface area contributed by atoms with E-state index in [1.54, 1.807) is 0 Å². The number of carbonyl (C=O) groups excluding carboxylic acids is 1. The second-order valence-electron chi connectivity index (χ2n) is 7.50. The Kier molecular flexibility index (Phi) is 6.28. The normalized spacial score (nSPS) is 23.2. The third-order valence-corrected chi connectivity index (χ3v) is 4.95. The number of nitrogens with one attached hydrogen (secondary N) is 1. The molecule has 0 bridgehead atoms. The summed E-state index contributed by atoms with van der Waals surface area (Å²) >= 11 is 0. The van der Waals surface area contributed by atoms with Crippen LogP contribution in [0.5, 0.6) is 0 Å². The van der Waals surface area contributed by atoms with Gasteiger partial charge in [-0.1, -0.05) is 25.5 Å². The number of hydrogen-bond acceptors (Lipinski definition) is 2. The van der Waals surface area contributed by atoms with Crippen molar-refractivity contribution in [1.29, 1.82) is 0 Å². The lowest BCUT2D eigenvalue weighted by Crippen LogP contribution is -2.38. The molecule has 1 aliphatic heterocycles. The minimum Gasteiger partial charge on any atom is -0.355 e. The first-order valence-corrected chi connectivity index (χ1v) is 8.72. The minimum atomic E-state index is 0.200. The first-order chi connectivity index (χ1) is 10.1. The molecule has 0 spiro atoms. The van der Waals surface area contributed by atoms with Gasteiger partial charge in [-0.2, -0.15) is 0 Å². The lowest BCUT2D eigenvalue weighted by Gasteiger charge is -2.23. The predicted molar refractivity (Wildman–Crippen MR) is 88.2 cm³/mol. The summed E-state index contributed by atoms with van der Waals surface area (Å²) in [5, 5.41) is 3.10. The number of rotatable bonds is 5. The summed E-state index contributed by atoms with van der Waals surface area (Å²) in [4.78, 5) is 14.4. The Morgan fingerprint density at radius 2 is 2.10 bits per heavy atom. The average molecular weight is 292 g/mol. The molecular weight excluding hydrogens is 260 g/mol. The van der Waals surface area contributed by atoms with Crippen molar-refractivity contribution < 1.29 is 4.79 Å². The monoisotopic (exact) mass is 292 g/mol. The highest BCUT2D eigenvalue weighted by atomic mass is 16.2. The lowest BCUT2D eigenvalue weighted by molar-refractivity contribution is -0.122. The van der Waals surface area contributed by atoms with E-state index in [0.717, 1.165) is 26.1 Å². The molecule has 0 aromatic rings. The maximum atomic E-state index is 12.1. The van der Waals surface area contributed by atoms with Crippen molar-refractivity contribution in [2.75, 3.05) is 26.2 Å². The van der Waals surface area contributed by atoms with Crippen LogP contribution in [0.3, 0.4) is 0 Å². The molecule has 0 saturated carbocycles. The fraction of sp³-hybridized carbons (Fsp3) is 0.833. The fourth-order valence-electron chi connectivity index (χ4n) is 3.39. The molecule has 0 aromatic heterocycles. The zero-order valence-electron chi connectivity index (χ0n) is 13.9. The van der Waals surface area contributed by atoms with Gasteiger partial charge in [0.05, 0.1) is 6.54 Å². The van der Waals surface area contributed by atoms with Gasteiger partial charge in [0.15, 0.2) is 0 Å². The summed E-state index contributed by atoms with van der Waals surface area (Å²) in [7, 11) is 0. The molecule has 1 saturated heterocycles. The third-order valence-electron chi connectivity index (χ3n) is 4.95. The number of carbonyl (C=O) groups is 1. The van der Waals surface area contributed by atoms with Crippen LogP contribution in [0.4, 0.5) is 0 Å².